The molecule has 2 aromatic rings. The van der Waals surface area contributed by atoms with Gasteiger partial charge >= 0.3 is 0 Å². The maximum Gasteiger partial charge on any atom is 0.105 e. The Bertz CT molecular complexity index is 605. The van der Waals surface area contributed by atoms with E-state index in [1.807, 2.05) is 0 Å². The van der Waals surface area contributed by atoms with Gasteiger partial charge in [0.1, 0.15) is 11.4 Å². The normalized spacial score (nSPS) is 24.2. The number of rotatable bonds is 2. The van der Waals surface area contributed by atoms with Crippen LogP contribution in [0.4, 0.5) is 0 Å². The van der Waals surface area contributed by atoms with Crippen molar-refractivity contribution >= 4 is 11.4 Å². The van der Waals surface area contributed by atoms with Crippen molar-refractivity contribution in [1.82, 2.24) is 19.9 Å². The second-order valence-corrected chi connectivity index (χ2v) is 4.60. The highest BCUT2D eigenvalue weighted by Crippen LogP contribution is 2.45. The zero-order chi connectivity index (χ0) is 12.7. The van der Waals surface area contributed by atoms with Gasteiger partial charge < -0.3 is 0 Å². The third-order valence-corrected chi connectivity index (χ3v) is 3.41. The van der Waals surface area contributed by atoms with E-state index in [0.717, 1.165) is 29.2 Å². The fourth-order valence-corrected chi connectivity index (χ4v) is 2.40. The summed E-state index contributed by atoms with van der Waals surface area (Å²) in [6, 6.07) is 0. The lowest BCUT2D eigenvalue weighted by atomic mass is 10.1. The third-order valence-electron chi connectivity index (χ3n) is 3.41. The monoisotopic (exact) mass is 250 g/mol. The molecule has 1 aliphatic carbocycles. The Balaban J connectivity index is 1.73. The van der Waals surface area contributed by atoms with Gasteiger partial charge in [0, 0.05) is 36.6 Å². The highest BCUT2D eigenvalue weighted by molar-refractivity contribution is 6.13. The molecule has 4 rings (SSSR count). The van der Waals surface area contributed by atoms with Gasteiger partial charge in [-0.1, -0.05) is 0 Å². The van der Waals surface area contributed by atoms with E-state index in [0.29, 0.717) is 11.8 Å². The number of fused-ring (bicyclic) bond motifs is 1. The molecule has 6 heteroatoms. The van der Waals surface area contributed by atoms with Crippen LogP contribution in [0.15, 0.2) is 47.4 Å². The van der Waals surface area contributed by atoms with Crippen LogP contribution in [0.5, 0.6) is 0 Å². The average Bonchev–Trinajstić information content (AvgIpc) is 3.28. The molecule has 2 aromatic heterocycles. The molecule has 0 saturated heterocycles. The highest BCUT2D eigenvalue weighted by atomic mass is 15.2. The van der Waals surface area contributed by atoms with Gasteiger partial charge in [-0.05, 0) is 6.42 Å². The van der Waals surface area contributed by atoms with Crippen molar-refractivity contribution in [3.63, 3.8) is 0 Å². The molecular formula is C13H10N6. The molecular weight excluding hydrogens is 240 g/mol. The summed E-state index contributed by atoms with van der Waals surface area (Å²) in [4.78, 5) is 16.7. The summed E-state index contributed by atoms with van der Waals surface area (Å²) in [5, 5.41) is 8.63. The van der Waals surface area contributed by atoms with Crippen LogP contribution >= 0.6 is 0 Å². The first kappa shape index (κ1) is 10.4. The zero-order valence-corrected chi connectivity index (χ0v) is 10.0. The molecule has 3 heterocycles. The molecule has 0 bridgehead atoms. The molecule has 1 aliphatic heterocycles. The molecule has 1 fully saturated rings. The van der Waals surface area contributed by atoms with Gasteiger partial charge in [0.2, 0.25) is 0 Å². The molecule has 0 radical (unpaired) electrons. The minimum atomic E-state index is 0.395. The van der Waals surface area contributed by atoms with E-state index in [1.165, 1.54) is 0 Å². The van der Waals surface area contributed by atoms with Crippen LogP contribution < -0.4 is 0 Å². The van der Waals surface area contributed by atoms with Crippen LogP contribution in [0.2, 0.25) is 0 Å². The lowest BCUT2D eigenvalue weighted by Crippen LogP contribution is -2.17. The molecule has 0 N–H and O–H groups in total. The number of aromatic nitrogens is 4. The van der Waals surface area contributed by atoms with Crippen molar-refractivity contribution in [3.8, 4) is 0 Å². The summed E-state index contributed by atoms with van der Waals surface area (Å²) in [7, 11) is 0. The highest BCUT2D eigenvalue weighted by Gasteiger charge is 2.48. The third kappa shape index (κ3) is 1.72. The van der Waals surface area contributed by atoms with E-state index in [2.05, 4.69) is 30.1 Å². The van der Waals surface area contributed by atoms with Crippen LogP contribution in [-0.2, 0) is 0 Å². The van der Waals surface area contributed by atoms with E-state index in [4.69, 9.17) is 0 Å². The molecule has 19 heavy (non-hydrogen) atoms. The van der Waals surface area contributed by atoms with Crippen LogP contribution in [-0.4, -0.2) is 31.4 Å². The molecule has 2 unspecified atom stereocenters. The average molecular weight is 250 g/mol. The Kier molecular flexibility index (Phi) is 2.20. The topological polar surface area (TPSA) is 76.3 Å². The van der Waals surface area contributed by atoms with Gasteiger partial charge in [-0.3, -0.25) is 19.9 Å². The first-order valence-electron chi connectivity index (χ1n) is 6.11. The Morgan fingerprint density at radius 3 is 1.68 bits per heavy atom. The molecule has 0 spiro atoms. The Labute approximate surface area is 109 Å². The lowest BCUT2D eigenvalue weighted by Gasteiger charge is -2.10. The molecule has 2 aliphatic rings. The maximum atomic E-state index is 4.31. The predicted octanol–water partition coefficient (Wildman–Crippen LogP) is 1.11. The molecule has 1 saturated carbocycles. The summed E-state index contributed by atoms with van der Waals surface area (Å²) >= 11 is 0. The van der Waals surface area contributed by atoms with Crippen molar-refractivity contribution < 1.29 is 0 Å². The molecule has 92 valence electrons. The summed E-state index contributed by atoms with van der Waals surface area (Å²) in [6.07, 6.45) is 11.2. The van der Waals surface area contributed by atoms with Crippen LogP contribution in [0.3, 0.4) is 0 Å². The largest absolute Gasteiger partial charge is 0.261 e. The summed E-state index contributed by atoms with van der Waals surface area (Å²) in [5.74, 6) is 0.789. The van der Waals surface area contributed by atoms with Crippen molar-refractivity contribution in [1.29, 1.82) is 0 Å². The van der Waals surface area contributed by atoms with Gasteiger partial charge in [0.25, 0.3) is 0 Å². The fourth-order valence-electron chi connectivity index (χ4n) is 2.40. The SMILES string of the molecule is c1cnc(C2=NN=C(c3cnccn3)C3CC23)cn1. The van der Waals surface area contributed by atoms with Crippen molar-refractivity contribution in [2.75, 3.05) is 0 Å². The Morgan fingerprint density at radius 1 is 0.737 bits per heavy atom. The van der Waals surface area contributed by atoms with Gasteiger partial charge in [0.05, 0.1) is 23.8 Å². The number of nitrogens with zero attached hydrogens (tertiary/aromatic N) is 6. The van der Waals surface area contributed by atoms with E-state index in [-0.39, 0.29) is 0 Å². The van der Waals surface area contributed by atoms with Gasteiger partial charge in [0.15, 0.2) is 0 Å². The molecule has 2 atom stereocenters. The van der Waals surface area contributed by atoms with Crippen LogP contribution in [0, 0.1) is 11.8 Å². The Hall–Kier alpha value is -2.50. The minimum absolute atomic E-state index is 0.395. The maximum absolute atomic E-state index is 4.31. The summed E-state index contributed by atoms with van der Waals surface area (Å²) in [5.41, 5.74) is 3.50. The fraction of sp³-hybridized carbons (Fsp3) is 0.231. The summed E-state index contributed by atoms with van der Waals surface area (Å²) < 4.78 is 0. The molecule has 6 nitrogen and oxygen atoms in total. The summed E-state index contributed by atoms with van der Waals surface area (Å²) in [6.45, 7) is 0. The zero-order valence-electron chi connectivity index (χ0n) is 10.0. The van der Waals surface area contributed by atoms with Gasteiger partial charge in [-0.25, -0.2) is 0 Å². The van der Waals surface area contributed by atoms with E-state index in [1.54, 1.807) is 37.2 Å². The molecule has 0 amide bonds. The minimum Gasteiger partial charge on any atom is -0.261 e. The van der Waals surface area contributed by atoms with E-state index < -0.39 is 0 Å². The lowest BCUT2D eigenvalue weighted by molar-refractivity contribution is 0.973. The van der Waals surface area contributed by atoms with Gasteiger partial charge in [-0.2, -0.15) is 10.2 Å². The van der Waals surface area contributed by atoms with Crippen molar-refractivity contribution in [2.24, 2.45) is 22.0 Å². The van der Waals surface area contributed by atoms with Crippen LogP contribution in [0.25, 0.3) is 0 Å². The van der Waals surface area contributed by atoms with Crippen LogP contribution in [0.1, 0.15) is 17.8 Å². The predicted molar refractivity (Wildman–Crippen MR) is 68.7 cm³/mol. The smallest absolute Gasteiger partial charge is 0.105 e. The Morgan fingerprint density at radius 2 is 1.26 bits per heavy atom. The quantitative estimate of drug-likeness (QED) is 0.800. The van der Waals surface area contributed by atoms with E-state index >= 15 is 0 Å². The number of hydrogen-bond acceptors (Lipinski definition) is 6. The second kappa shape index (κ2) is 4.01. The first-order valence-corrected chi connectivity index (χ1v) is 6.11. The van der Waals surface area contributed by atoms with Gasteiger partial charge in [-0.15, -0.1) is 0 Å². The first-order chi connectivity index (χ1) is 9.43. The van der Waals surface area contributed by atoms with E-state index in [9.17, 15) is 0 Å². The standard InChI is InChI=1S/C13H10N6/c1-3-16-10(6-14-1)12-8-5-9(8)13(19-18-12)11-7-15-2-4-17-11/h1-4,6-9H,5H2. The number of hydrogen-bond donors (Lipinski definition) is 0. The molecule has 0 aromatic carbocycles. The van der Waals surface area contributed by atoms with Crippen molar-refractivity contribution in [2.45, 2.75) is 6.42 Å². The second-order valence-electron chi connectivity index (χ2n) is 4.60. The van der Waals surface area contributed by atoms with Crippen molar-refractivity contribution in [3.05, 3.63) is 48.6 Å².